The molecular weight excluding hydrogens is 356 g/mol. The van der Waals surface area contributed by atoms with E-state index in [0.29, 0.717) is 0 Å². The molecular formula is C19H24N8O. The Kier molecular flexibility index (Phi) is 4.52. The molecule has 9 heteroatoms. The van der Waals surface area contributed by atoms with Crippen LogP contribution in [0, 0.1) is 6.92 Å². The first-order chi connectivity index (χ1) is 13.8. The molecule has 3 aromatic rings. The van der Waals surface area contributed by atoms with E-state index < -0.39 is 0 Å². The molecule has 146 valence electrons. The molecule has 0 saturated carbocycles. The van der Waals surface area contributed by atoms with Crippen LogP contribution < -0.4 is 9.80 Å². The van der Waals surface area contributed by atoms with E-state index in [-0.39, 0.29) is 6.10 Å². The minimum Gasteiger partial charge on any atom is -0.376 e. The van der Waals surface area contributed by atoms with Crippen LogP contribution in [0.25, 0.3) is 11.2 Å². The Balaban J connectivity index is 1.33. The molecule has 0 aliphatic carbocycles. The number of fused-ring (bicyclic) bond motifs is 1. The van der Waals surface area contributed by atoms with Crippen molar-refractivity contribution < 1.29 is 4.74 Å². The summed E-state index contributed by atoms with van der Waals surface area (Å²) in [7, 11) is 0. The van der Waals surface area contributed by atoms with Gasteiger partial charge in [0.2, 0.25) is 0 Å². The van der Waals surface area contributed by atoms with E-state index in [1.165, 1.54) is 0 Å². The first-order valence-electron chi connectivity index (χ1n) is 9.85. The van der Waals surface area contributed by atoms with Crippen molar-refractivity contribution >= 4 is 22.8 Å². The van der Waals surface area contributed by atoms with E-state index in [9.17, 15) is 0 Å². The largest absolute Gasteiger partial charge is 0.376 e. The zero-order chi connectivity index (χ0) is 18.9. The fourth-order valence-electron chi connectivity index (χ4n) is 4.01. The second-order valence-electron chi connectivity index (χ2n) is 7.34. The summed E-state index contributed by atoms with van der Waals surface area (Å²) < 4.78 is 7.86. The molecule has 5 heterocycles. The molecule has 2 fully saturated rings. The van der Waals surface area contributed by atoms with Crippen molar-refractivity contribution in [2.24, 2.45) is 0 Å². The maximum absolute atomic E-state index is 5.77. The minimum absolute atomic E-state index is 0.260. The third-order valence-electron chi connectivity index (χ3n) is 5.47. The molecule has 2 aliphatic rings. The lowest BCUT2D eigenvalue weighted by Gasteiger charge is -2.36. The number of hydrogen-bond donors (Lipinski definition) is 0. The van der Waals surface area contributed by atoms with Crippen LogP contribution in [0.15, 0.2) is 24.9 Å². The molecule has 2 aliphatic heterocycles. The van der Waals surface area contributed by atoms with Gasteiger partial charge in [0, 0.05) is 39.0 Å². The topological polar surface area (TPSA) is 85.1 Å². The van der Waals surface area contributed by atoms with Crippen LogP contribution in [0.4, 0.5) is 11.6 Å². The monoisotopic (exact) mass is 380 g/mol. The molecule has 1 unspecified atom stereocenters. The zero-order valence-corrected chi connectivity index (χ0v) is 16.0. The fraction of sp³-hybridized carbons (Fsp3) is 0.526. The SMILES string of the molecule is Cc1nccc(N2CCN(c3ncnc4c3ncn4CC3CCCO3)CC2)n1. The Morgan fingerprint density at radius 2 is 1.93 bits per heavy atom. The van der Waals surface area contributed by atoms with Crippen molar-refractivity contribution in [1.82, 2.24) is 29.5 Å². The van der Waals surface area contributed by atoms with Crippen LogP contribution in [-0.2, 0) is 11.3 Å². The van der Waals surface area contributed by atoms with Gasteiger partial charge in [0.25, 0.3) is 0 Å². The number of hydrogen-bond acceptors (Lipinski definition) is 8. The lowest BCUT2D eigenvalue weighted by Crippen LogP contribution is -2.47. The molecule has 2 saturated heterocycles. The summed E-state index contributed by atoms with van der Waals surface area (Å²) in [6.45, 7) is 7.09. The maximum atomic E-state index is 5.77. The molecule has 0 spiro atoms. The Morgan fingerprint density at radius 3 is 2.71 bits per heavy atom. The average Bonchev–Trinajstić information content (AvgIpc) is 3.39. The van der Waals surface area contributed by atoms with Crippen LogP contribution in [-0.4, -0.2) is 68.4 Å². The average molecular weight is 380 g/mol. The van der Waals surface area contributed by atoms with Gasteiger partial charge < -0.3 is 19.1 Å². The van der Waals surface area contributed by atoms with Gasteiger partial charge in [0.1, 0.15) is 18.0 Å². The van der Waals surface area contributed by atoms with Crippen LogP contribution in [0.2, 0.25) is 0 Å². The van der Waals surface area contributed by atoms with Gasteiger partial charge in [-0.15, -0.1) is 0 Å². The van der Waals surface area contributed by atoms with Crippen LogP contribution in [0.3, 0.4) is 0 Å². The molecule has 28 heavy (non-hydrogen) atoms. The van der Waals surface area contributed by atoms with Crippen molar-refractivity contribution in [1.29, 1.82) is 0 Å². The van der Waals surface area contributed by atoms with Gasteiger partial charge in [0.15, 0.2) is 17.0 Å². The first-order valence-corrected chi connectivity index (χ1v) is 9.85. The van der Waals surface area contributed by atoms with Gasteiger partial charge >= 0.3 is 0 Å². The first kappa shape index (κ1) is 17.3. The van der Waals surface area contributed by atoms with Crippen LogP contribution in [0.5, 0.6) is 0 Å². The van der Waals surface area contributed by atoms with Crippen molar-refractivity contribution in [3.63, 3.8) is 0 Å². The highest BCUT2D eigenvalue weighted by Crippen LogP contribution is 2.25. The predicted octanol–water partition coefficient (Wildman–Crippen LogP) is 1.43. The number of aryl methyl sites for hydroxylation is 1. The molecule has 0 N–H and O–H groups in total. The number of ether oxygens (including phenoxy) is 1. The van der Waals surface area contributed by atoms with Gasteiger partial charge in [-0.2, -0.15) is 0 Å². The zero-order valence-electron chi connectivity index (χ0n) is 16.0. The Bertz CT molecular complexity index is 959. The Morgan fingerprint density at radius 1 is 1.07 bits per heavy atom. The van der Waals surface area contributed by atoms with Gasteiger partial charge in [-0.3, -0.25) is 0 Å². The number of imidazole rings is 1. The van der Waals surface area contributed by atoms with Crippen molar-refractivity contribution in [2.45, 2.75) is 32.4 Å². The highest BCUT2D eigenvalue weighted by atomic mass is 16.5. The van der Waals surface area contributed by atoms with Gasteiger partial charge in [0.05, 0.1) is 19.0 Å². The van der Waals surface area contributed by atoms with Crippen LogP contribution in [0.1, 0.15) is 18.7 Å². The molecule has 3 aromatic heterocycles. The summed E-state index contributed by atoms with van der Waals surface area (Å²) in [5.74, 6) is 2.70. The lowest BCUT2D eigenvalue weighted by molar-refractivity contribution is 0.0978. The van der Waals surface area contributed by atoms with E-state index in [1.807, 2.05) is 25.5 Å². The van der Waals surface area contributed by atoms with Crippen molar-refractivity contribution in [2.75, 3.05) is 42.6 Å². The van der Waals surface area contributed by atoms with E-state index in [0.717, 1.165) is 80.8 Å². The summed E-state index contributed by atoms with van der Waals surface area (Å²) in [5, 5.41) is 0. The predicted molar refractivity (Wildman–Crippen MR) is 105 cm³/mol. The summed E-state index contributed by atoms with van der Waals surface area (Å²) in [5.41, 5.74) is 1.75. The highest BCUT2D eigenvalue weighted by Gasteiger charge is 2.23. The van der Waals surface area contributed by atoms with E-state index in [2.05, 4.69) is 39.3 Å². The smallest absolute Gasteiger partial charge is 0.165 e. The molecule has 0 bridgehead atoms. The number of rotatable bonds is 4. The Labute approximate surface area is 163 Å². The molecule has 9 nitrogen and oxygen atoms in total. The van der Waals surface area contributed by atoms with E-state index in [4.69, 9.17) is 4.74 Å². The second-order valence-corrected chi connectivity index (χ2v) is 7.34. The van der Waals surface area contributed by atoms with Crippen molar-refractivity contribution in [3.8, 4) is 0 Å². The van der Waals surface area contributed by atoms with Crippen molar-refractivity contribution in [3.05, 3.63) is 30.7 Å². The van der Waals surface area contributed by atoms with Crippen LogP contribution >= 0.6 is 0 Å². The summed E-state index contributed by atoms with van der Waals surface area (Å²) >= 11 is 0. The van der Waals surface area contributed by atoms with Gasteiger partial charge in [-0.25, -0.2) is 24.9 Å². The van der Waals surface area contributed by atoms with Gasteiger partial charge in [-0.1, -0.05) is 0 Å². The van der Waals surface area contributed by atoms with E-state index >= 15 is 0 Å². The molecule has 0 aromatic carbocycles. The number of anilines is 2. The molecule has 5 rings (SSSR count). The lowest BCUT2D eigenvalue weighted by atomic mass is 10.2. The molecule has 0 amide bonds. The standard InChI is InChI=1S/C19H24N8O/c1-14-20-5-4-16(24-14)25-6-8-26(9-7-25)18-17-19(22-12-21-18)27(13-23-17)11-15-3-2-10-28-15/h4-5,12-13,15H,2-3,6-11H2,1H3. The normalized spacial score (nSPS) is 20.2. The summed E-state index contributed by atoms with van der Waals surface area (Å²) in [6.07, 6.45) is 7.82. The maximum Gasteiger partial charge on any atom is 0.165 e. The summed E-state index contributed by atoms with van der Waals surface area (Å²) in [4.78, 5) is 27.0. The van der Waals surface area contributed by atoms with Gasteiger partial charge in [-0.05, 0) is 25.8 Å². The number of piperazine rings is 1. The quantitative estimate of drug-likeness (QED) is 0.672. The minimum atomic E-state index is 0.260. The number of nitrogens with zero attached hydrogens (tertiary/aromatic N) is 8. The Hall–Kier alpha value is -2.81. The molecule has 1 atom stereocenters. The third-order valence-corrected chi connectivity index (χ3v) is 5.47. The fourth-order valence-corrected chi connectivity index (χ4v) is 4.01. The second kappa shape index (κ2) is 7.31. The summed E-state index contributed by atoms with van der Waals surface area (Å²) in [6, 6.07) is 1.97. The third kappa shape index (κ3) is 3.26. The highest BCUT2D eigenvalue weighted by molar-refractivity contribution is 5.83. The number of aromatic nitrogens is 6. The van der Waals surface area contributed by atoms with E-state index in [1.54, 1.807) is 6.33 Å². The molecule has 0 radical (unpaired) electrons.